The van der Waals surface area contributed by atoms with Crippen LogP contribution in [0.4, 0.5) is 0 Å². The van der Waals surface area contributed by atoms with Gasteiger partial charge in [0.1, 0.15) is 13.2 Å². The third kappa shape index (κ3) is 66.5. The third-order valence-corrected chi connectivity index (χ3v) is 14.5. The van der Waals surface area contributed by atoms with Crippen LogP contribution in [0.3, 0.4) is 0 Å². The molecule has 0 aliphatic heterocycles. The summed E-state index contributed by atoms with van der Waals surface area (Å²) in [6.07, 6.45) is 94.9. The van der Waals surface area contributed by atoms with E-state index in [0.717, 1.165) is 122 Å². The van der Waals surface area contributed by atoms with Gasteiger partial charge in [-0.15, -0.1) is 0 Å². The first-order valence-electron chi connectivity index (χ1n) is 34.0. The smallest absolute Gasteiger partial charge is 0.306 e. The molecule has 0 aliphatic rings. The van der Waals surface area contributed by atoms with Crippen molar-refractivity contribution in [2.45, 2.75) is 322 Å². The van der Waals surface area contributed by atoms with Crippen LogP contribution < -0.4 is 0 Å². The number of esters is 3. The largest absolute Gasteiger partial charge is 0.462 e. The highest BCUT2D eigenvalue weighted by Crippen LogP contribution is 2.16. The molecule has 0 rings (SSSR count). The van der Waals surface area contributed by atoms with Gasteiger partial charge in [0.15, 0.2) is 6.10 Å². The number of rotatable bonds is 61. The lowest BCUT2D eigenvalue weighted by Crippen LogP contribution is -2.30. The minimum atomic E-state index is -0.796. The molecule has 0 aromatic rings. The van der Waals surface area contributed by atoms with E-state index in [2.05, 4.69) is 142 Å². The van der Waals surface area contributed by atoms with Gasteiger partial charge in [-0.2, -0.15) is 0 Å². The second-order valence-electron chi connectivity index (χ2n) is 22.4. The van der Waals surface area contributed by atoms with E-state index in [4.69, 9.17) is 14.2 Å². The standard InChI is InChI=1S/C75H126O6/c1-4-7-10-13-16-19-22-25-28-30-31-32-33-34-35-36-37-38-39-40-41-42-43-45-47-50-53-56-59-62-65-68-74(77)80-71-72(70-79-73(76)67-64-61-58-55-52-49-46-27-24-21-18-15-12-9-6-3)81-75(78)69-66-63-60-57-54-51-48-44-29-26-23-20-17-14-11-8-5-2/h7,10,16,19,25-26,28-29,31-32,34-35,37-38,40-41,43,45,50,53,72H,4-6,8-9,11-15,17-18,20-24,27,30,33,36,39,42,44,46-49,51-52,54-71H2,1-3H3/b10-7-,19-16-,28-25-,29-26-,32-31-,35-34-,38-37-,41-40-,45-43-,53-50-. The number of unbranched alkanes of at least 4 members (excludes halogenated alkanes) is 30. The van der Waals surface area contributed by atoms with Crippen LogP contribution in [0.2, 0.25) is 0 Å². The fourth-order valence-corrected chi connectivity index (χ4v) is 9.37. The molecule has 0 spiro atoms. The quantitative estimate of drug-likeness (QED) is 0.0261. The van der Waals surface area contributed by atoms with Gasteiger partial charge in [-0.25, -0.2) is 0 Å². The van der Waals surface area contributed by atoms with Crippen LogP contribution in [-0.4, -0.2) is 37.2 Å². The Morgan fingerprint density at radius 2 is 0.481 bits per heavy atom. The first-order valence-corrected chi connectivity index (χ1v) is 34.0. The van der Waals surface area contributed by atoms with Crippen molar-refractivity contribution < 1.29 is 28.6 Å². The van der Waals surface area contributed by atoms with Gasteiger partial charge in [0.25, 0.3) is 0 Å². The van der Waals surface area contributed by atoms with Gasteiger partial charge in [0.05, 0.1) is 0 Å². The Labute approximate surface area is 501 Å². The molecule has 0 aromatic heterocycles. The Bertz CT molecular complexity index is 1670. The van der Waals surface area contributed by atoms with E-state index in [1.165, 1.54) is 154 Å². The number of hydrogen-bond donors (Lipinski definition) is 0. The van der Waals surface area contributed by atoms with Gasteiger partial charge < -0.3 is 14.2 Å². The fraction of sp³-hybridized carbons (Fsp3) is 0.693. The molecule has 0 amide bonds. The van der Waals surface area contributed by atoms with Crippen LogP contribution in [0.25, 0.3) is 0 Å². The molecule has 0 bridgehead atoms. The molecule has 0 radical (unpaired) electrons. The van der Waals surface area contributed by atoms with Gasteiger partial charge in [0.2, 0.25) is 0 Å². The van der Waals surface area contributed by atoms with Crippen LogP contribution >= 0.6 is 0 Å². The highest BCUT2D eigenvalue weighted by molar-refractivity contribution is 5.71. The molecule has 6 heteroatoms. The molecular formula is C75H126O6. The van der Waals surface area contributed by atoms with Crippen LogP contribution in [-0.2, 0) is 28.6 Å². The van der Waals surface area contributed by atoms with Crippen LogP contribution in [0, 0.1) is 0 Å². The number of hydrogen-bond acceptors (Lipinski definition) is 6. The van der Waals surface area contributed by atoms with Crippen LogP contribution in [0.15, 0.2) is 122 Å². The molecule has 0 heterocycles. The first-order chi connectivity index (χ1) is 40.0. The van der Waals surface area contributed by atoms with Crippen molar-refractivity contribution >= 4 is 17.9 Å². The molecule has 0 aliphatic carbocycles. The summed E-state index contributed by atoms with van der Waals surface area (Å²) in [5, 5.41) is 0. The summed E-state index contributed by atoms with van der Waals surface area (Å²) in [4.78, 5) is 38.4. The van der Waals surface area contributed by atoms with Gasteiger partial charge in [0, 0.05) is 19.3 Å². The van der Waals surface area contributed by atoms with Crippen molar-refractivity contribution in [3.8, 4) is 0 Å². The maximum atomic E-state index is 12.9. The van der Waals surface area contributed by atoms with E-state index >= 15 is 0 Å². The number of ether oxygens (including phenoxy) is 3. The zero-order valence-electron chi connectivity index (χ0n) is 53.0. The maximum Gasteiger partial charge on any atom is 0.306 e. The van der Waals surface area contributed by atoms with E-state index in [0.29, 0.717) is 19.3 Å². The Morgan fingerprint density at radius 3 is 0.778 bits per heavy atom. The van der Waals surface area contributed by atoms with E-state index in [1.807, 2.05) is 0 Å². The number of carbonyl (C=O) groups excluding carboxylic acids is 3. The minimum absolute atomic E-state index is 0.0892. The lowest BCUT2D eigenvalue weighted by molar-refractivity contribution is -0.167. The molecule has 0 saturated carbocycles. The van der Waals surface area contributed by atoms with Gasteiger partial charge in [-0.1, -0.05) is 303 Å². The van der Waals surface area contributed by atoms with Crippen molar-refractivity contribution in [1.82, 2.24) is 0 Å². The Morgan fingerprint density at radius 1 is 0.259 bits per heavy atom. The molecule has 1 atom stereocenters. The molecule has 1 unspecified atom stereocenters. The fourth-order valence-electron chi connectivity index (χ4n) is 9.37. The predicted octanol–water partition coefficient (Wildman–Crippen LogP) is 23.6. The van der Waals surface area contributed by atoms with E-state index in [-0.39, 0.29) is 31.1 Å². The molecule has 0 aromatic carbocycles. The van der Waals surface area contributed by atoms with Crippen molar-refractivity contribution in [3.63, 3.8) is 0 Å². The summed E-state index contributed by atoms with van der Waals surface area (Å²) < 4.78 is 16.9. The van der Waals surface area contributed by atoms with Crippen molar-refractivity contribution in [2.75, 3.05) is 13.2 Å². The van der Waals surface area contributed by atoms with Crippen molar-refractivity contribution in [1.29, 1.82) is 0 Å². The predicted molar refractivity (Wildman–Crippen MR) is 353 cm³/mol. The summed E-state index contributed by atoms with van der Waals surface area (Å²) in [7, 11) is 0. The van der Waals surface area contributed by atoms with Crippen LogP contribution in [0.1, 0.15) is 316 Å². The summed E-state index contributed by atoms with van der Waals surface area (Å²) in [5.74, 6) is -0.918. The second-order valence-corrected chi connectivity index (χ2v) is 22.4. The van der Waals surface area contributed by atoms with E-state index < -0.39 is 6.10 Å². The summed E-state index contributed by atoms with van der Waals surface area (Å²) in [6, 6.07) is 0. The second kappa shape index (κ2) is 68.3. The Kier molecular flexibility index (Phi) is 64.8. The molecule has 81 heavy (non-hydrogen) atoms. The zero-order chi connectivity index (χ0) is 58.5. The molecule has 0 fully saturated rings. The molecular weight excluding hydrogens is 997 g/mol. The monoisotopic (exact) mass is 1120 g/mol. The molecule has 0 N–H and O–H groups in total. The normalized spacial score (nSPS) is 12.9. The zero-order valence-corrected chi connectivity index (χ0v) is 53.0. The highest BCUT2D eigenvalue weighted by Gasteiger charge is 2.19. The third-order valence-electron chi connectivity index (χ3n) is 14.5. The molecule has 462 valence electrons. The average molecular weight is 1120 g/mol. The topological polar surface area (TPSA) is 78.9 Å². The Balaban J connectivity index is 4.39. The van der Waals surface area contributed by atoms with Crippen molar-refractivity contribution in [2.24, 2.45) is 0 Å². The van der Waals surface area contributed by atoms with Gasteiger partial charge in [-0.05, 0) is 116 Å². The lowest BCUT2D eigenvalue weighted by Gasteiger charge is -2.18. The molecule has 0 saturated heterocycles. The van der Waals surface area contributed by atoms with Crippen molar-refractivity contribution in [3.05, 3.63) is 122 Å². The highest BCUT2D eigenvalue weighted by atomic mass is 16.6. The van der Waals surface area contributed by atoms with Crippen LogP contribution in [0.5, 0.6) is 0 Å². The van der Waals surface area contributed by atoms with Gasteiger partial charge in [-0.3, -0.25) is 14.4 Å². The first kappa shape index (κ1) is 76.8. The number of allylic oxidation sites excluding steroid dienone is 20. The number of carbonyl (C=O) groups is 3. The maximum absolute atomic E-state index is 12.9. The SMILES string of the molecule is CC/C=C\C/C=C\C/C=C\C/C=C\C/C=C\C/C=C\C/C=C\C/C=C\C/C=C\CCCCCC(=O)OCC(COC(=O)CCCCCCCCCCCCCCCCC)OC(=O)CCCCCCCCC/C=C\CCCCCCCC. The van der Waals surface area contributed by atoms with Gasteiger partial charge >= 0.3 is 17.9 Å². The minimum Gasteiger partial charge on any atom is -0.462 e. The average Bonchev–Trinajstić information content (AvgIpc) is 3.47. The summed E-state index contributed by atoms with van der Waals surface area (Å²) in [5.41, 5.74) is 0. The Hall–Kier alpha value is -4.19. The lowest BCUT2D eigenvalue weighted by atomic mass is 10.0. The summed E-state index contributed by atoms with van der Waals surface area (Å²) in [6.45, 7) is 6.52. The summed E-state index contributed by atoms with van der Waals surface area (Å²) >= 11 is 0. The van der Waals surface area contributed by atoms with E-state index in [1.54, 1.807) is 0 Å². The molecule has 6 nitrogen and oxygen atoms in total. The van der Waals surface area contributed by atoms with E-state index in [9.17, 15) is 14.4 Å².